The van der Waals surface area contributed by atoms with Crippen LogP contribution in [0.2, 0.25) is 0 Å². The highest BCUT2D eigenvalue weighted by Crippen LogP contribution is 2.43. The van der Waals surface area contributed by atoms with Crippen LogP contribution in [-0.2, 0) is 0 Å². The molecule has 1 unspecified atom stereocenters. The molecule has 0 aromatic carbocycles. The predicted octanol–water partition coefficient (Wildman–Crippen LogP) is 3.97. The smallest absolute Gasteiger partial charge is 0.00204 e. The van der Waals surface area contributed by atoms with Crippen molar-refractivity contribution in [3.63, 3.8) is 0 Å². The summed E-state index contributed by atoms with van der Waals surface area (Å²) < 4.78 is 0. The molecule has 1 aliphatic carbocycles. The lowest BCUT2D eigenvalue weighted by atomic mass is 9.66. The van der Waals surface area contributed by atoms with Gasteiger partial charge in [-0.25, -0.2) is 0 Å². The molecule has 0 aromatic rings. The Morgan fingerprint density at radius 3 is 2.40 bits per heavy atom. The average molecular weight is 211 g/mol. The number of hydrogen-bond acceptors (Lipinski definition) is 1. The van der Waals surface area contributed by atoms with Gasteiger partial charge in [0.15, 0.2) is 0 Å². The molecular weight excluding hydrogens is 182 g/mol. The van der Waals surface area contributed by atoms with E-state index in [9.17, 15) is 0 Å². The summed E-state index contributed by atoms with van der Waals surface area (Å²) in [7, 11) is 0. The molecule has 0 heterocycles. The van der Waals surface area contributed by atoms with Gasteiger partial charge in [-0.1, -0.05) is 46.5 Å². The summed E-state index contributed by atoms with van der Waals surface area (Å²) in [5, 5.41) is 0. The molecule has 15 heavy (non-hydrogen) atoms. The van der Waals surface area contributed by atoms with E-state index in [0.717, 1.165) is 18.4 Å². The van der Waals surface area contributed by atoms with E-state index in [1.807, 2.05) is 0 Å². The number of rotatable bonds is 5. The standard InChI is InChI=1S/C14H29N/c1-4-5-13(3)10-14(11-15)8-6-12(2)7-9-14/h12-13H,4-11,15H2,1-3H3. The third-order valence-electron chi connectivity index (χ3n) is 4.33. The Morgan fingerprint density at radius 1 is 1.33 bits per heavy atom. The topological polar surface area (TPSA) is 26.0 Å². The van der Waals surface area contributed by atoms with Crippen molar-refractivity contribution in [1.82, 2.24) is 0 Å². The Labute approximate surface area is 95.8 Å². The van der Waals surface area contributed by atoms with E-state index < -0.39 is 0 Å². The second-order valence-electron chi connectivity index (χ2n) is 5.98. The fraction of sp³-hybridized carbons (Fsp3) is 1.00. The molecule has 0 saturated heterocycles. The van der Waals surface area contributed by atoms with Gasteiger partial charge in [-0.2, -0.15) is 0 Å². The first-order valence-corrected chi connectivity index (χ1v) is 6.82. The van der Waals surface area contributed by atoms with Crippen molar-refractivity contribution in [2.45, 2.75) is 65.7 Å². The van der Waals surface area contributed by atoms with Crippen LogP contribution in [0.1, 0.15) is 65.7 Å². The fourth-order valence-electron chi connectivity index (χ4n) is 3.20. The normalized spacial score (nSPS) is 34.0. The molecule has 0 aliphatic heterocycles. The summed E-state index contributed by atoms with van der Waals surface area (Å²) >= 11 is 0. The van der Waals surface area contributed by atoms with Crippen molar-refractivity contribution in [1.29, 1.82) is 0 Å². The number of hydrogen-bond donors (Lipinski definition) is 1. The van der Waals surface area contributed by atoms with Gasteiger partial charge in [0.1, 0.15) is 0 Å². The molecule has 1 fully saturated rings. The maximum atomic E-state index is 6.03. The molecular formula is C14H29N. The predicted molar refractivity (Wildman–Crippen MR) is 67.8 cm³/mol. The Morgan fingerprint density at radius 2 is 1.93 bits per heavy atom. The van der Waals surface area contributed by atoms with Gasteiger partial charge in [-0.05, 0) is 43.1 Å². The van der Waals surface area contributed by atoms with Crippen molar-refractivity contribution < 1.29 is 0 Å². The van der Waals surface area contributed by atoms with E-state index in [1.54, 1.807) is 0 Å². The monoisotopic (exact) mass is 211 g/mol. The third-order valence-corrected chi connectivity index (χ3v) is 4.33. The van der Waals surface area contributed by atoms with Crippen LogP contribution >= 0.6 is 0 Å². The van der Waals surface area contributed by atoms with Crippen molar-refractivity contribution in [2.75, 3.05) is 6.54 Å². The van der Waals surface area contributed by atoms with Crippen molar-refractivity contribution in [3.05, 3.63) is 0 Å². The average Bonchev–Trinajstić information content (AvgIpc) is 2.22. The molecule has 90 valence electrons. The maximum Gasteiger partial charge on any atom is -0.00204 e. The summed E-state index contributed by atoms with van der Waals surface area (Å²) in [6.07, 6.45) is 9.60. The molecule has 2 N–H and O–H groups in total. The van der Waals surface area contributed by atoms with Gasteiger partial charge in [0.25, 0.3) is 0 Å². The van der Waals surface area contributed by atoms with Gasteiger partial charge in [0, 0.05) is 0 Å². The summed E-state index contributed by atoms with van der Waals surface area (Å²) in [5.41, 5.74) is 6.53. The van der Waals surface area contributed by atoms with Crippen LogP contribution in [0.4, 0.5) is 0 Å². The maximum absolute atomic E-state index is 6.03. The quantitative estimate of drug-likeness (QED) is 0.731. The van der Waals surface area contributed by atoms with Gasteiger partial charge < -0.3 is 5.73 Å². The van der Waals surface area contributed by atoms with Gasteiger partial charge in [0.2, 0.25) is 0 Å². The summed E-state index contributed by atoms with van der Waals surface area (Å²) in [4.78, 5) is 0. The van der Waals surface area contributed by atoms with Crippen molar-refractivity contribution >= 4 is 0 Å². The lowest BCUT2D eigenvalue weighted by Gasteiger charge is -2.40. The first-order chi connectivity index (χ1) is 7.12. The van der Waals surface area contributed by atoms with Crippen LogP contribution < -0.4 is 5.73 Å². The zero-order valence-corrected chi connectivity index (χ0v) is 10.9. The lowest BCUT2D eigenvalue weighted by molar-refractivity contribution is 0.126. The second kappa shape index (κ2) is 5.89. The SMILES string of the molecule is CCCC(C)CC1(CN)CCC(C)CC1. The van der Waals surface area contributed by atoms with E-state index in [-0.39, 0.29) is 0 Å². The first-order valence-electron chi connectivity index (χ1n) is 6.82. The third kappa shape index (κ3) is 3.79. The van der Waals surface area contributed by atoms with Crippen LogP contribution in [0.5, 0.6) is 0 Å². The zero-order chi connectivity index (χ0) is 11.3. The number of nitrogens with two attached hydrogens (primary N) is 1. The highest BCUT2D eigenvalue weighted by atomic mass is 14.6. The van der Waals surface area contributed by atoms with E-state index in [2.05, 4.69) is 20.8 Å². The molecule has 0 radical (unpaired) electrons. The Bertz CT molecular complexity index is 168. The van der Waals surface area contributed by atoms with E-state index >= 15 is 0 Å². The fourth-order valence-corrected chi connectivity index (χ4v) is 3.20. The minimum atomic E-state index is 0.501. The first kappa shape index (κ1) is 13.0. The largest absolute Gasteiger partial charge is 0.330 e. The van der Waals surface area contributed by atoms with E-state index in [0.29, 0.717) is 5.41 Å². The van der Waals surface area contributed by atoms with Gasteiger partial charge in [-0.3, -0.25) is 0 Å². The summed E-state index contributed by atoms with van der Waals surface area (Å²) in [5.74, 6) is 1.80. The van der Waals surface area contributed by atoms with Crippen LogP contribution in [0.15, 0.2) is 0 Å². The Kier molecular flexibility index (Phi) is 5.11. The minimum Gasteiger partial charge on any atom is -0.330 e. The Hall–Kier alpha value is -0.0400. The molecule has 0 spiro atoms. The molecule has 0 aromatic heterocycles. The molecule has 1 heteroatoms. The zero-order valence-electron chi connectivity index (χ0n) is 10.9. The molecule has 1 aliphatic rings. The van der Waals surface area contributed by atoms with Crippen LogP contribution in [0, 0.1) is 17.3 Å². The summed E-state index contributed by atoms with van der Waals surface area (Å²) in [6.45, 7) is 7.98. The molecule has 0 amide bonds. The van der Waals surface area contributed by atoms with Gasteiger partial charge in [0.05, 0.1) is 0 Å². The second-order valence-corrected chi connectivity index (χ2v) is 5.98. The van der Waals surface area contributed by atoms with Crippen molar-refractivity contribution in [2.24, 2.45) is 23.0 Å². The summed E-state index contributed by atoms with van der Waals surface area (Å²) in [6, 6.07) is 0. The molecule has 1 nitrogen and oxygen atoms in total. The van der Waals surface area contributed by atoms with Crippen LogP contribution in [0.25, 0.3) is 0 Å². The molecule has 1 rings (SSSR count). The van der Waals surface area contributed by atoms with Gasteiger partial charge in [-0.15, -0.1) is 0 Å². The Balaban J connectivity index is 2.46. The highest BCUT2D eigenvalue weighted by molar-refractivity contribution is 4.86. The minimum absolute atomic E-state index is 0.501. The van der Waals surface area contributed by atoms with Gasteiger partial charge >= 0.3 is 0 Å². The lowest BCUT2D eigenvalue weighted by Crippen LogP contribution is -2.36. The van der Waals surface area contributed by atoms with E-state index in [1.165, 1.54) is 44.9 Å². The highest BCUT2D eigenvalue weighted by Gasteiger charge is 2.33. The molecule has 0 bridgehead atoms. The van der Waals surface area contributed by atoms with Crippen LogP contribution in [-0.4, -0.2) is 6.54 Å². The van der Waals surface area contributed by atoms with Crippen LogP contribution in [0.3, 0.4) is 0 Å². The molecule has 1 saturated carbocycles. The van der Waals surface area contributed by atoms with Crippen molar-refractivity contribution in [3.8, 4) is 0 Å². The van der Waals surface area contributed by atoms with E-state index in [4.69, 9.17) is 5.73 Å². The molecule has 1 atom stereocenters.